The number of fused-ring (bicyclic) bond motifs is 1. The van der Waals surface area contributed by atoms with Crippen molar-refractivity contribution in [3.63, 3.8) is 0 Å². The molecule has 7 heteroatoms. The second-order valence-electron chi connectivity index (χ2n) is 4.64. The van der Waals surface area contributed by atoms with Crippen molar-refractivity contribution in [2.45, 2.75) is 18.2 Å². The molecule has 1 heterocycles. The first-order valence-electron chi connectivity index (χ1n) is 6.47. The van der Waals surface area contributed by atoms with Gasteiger partial charge in [0.2, 0.25) is 0 Å². The molecule has 2 aromatic rings. The number of aromatic carboxylic acids is 1. The van der Waals surface area contributed by atoms with Crippen molar-refractivity contribution in [1.82, 2.24) is 10.2 Å². The van der Waals surface area contributed by atoms with Gasteiger partial charge in [-0.2, -0.15) is 11.8 Å². The molecule has 0 fully saturated rings. The minimum Gasteiger partial charge on any atom is -0.476 e. The lowest BCUT2D eigenvalue weighted by molar-refractivity contribution is 0.0690. The molecule has 0 spiro atoms. The van der Waals surface area contributed by atoms with Crippen LogP contribution in [0.3, 0.4) is 0 Å². The van der Waals surface area contributed by atoms with E-state index in [-0.39, 0.29) is 23.6 Å². The van der Waals surface area contributed by atoms with Crippen LogP contribution in [0.2, 0.25) is 0 Å². The largest absolute Gasteiger partial charge is 0.476 e. The smallest absolute Gasteiger partial charge is 0.358 e. The fourth-order valence-corrected chi connectivity index (χ4v) is 2.73. The van der Waals surface area contributed by atoms with Crippen molar-refractivity contribution in [3.8, 4) is 0 Å². The van der Waals surface area contributed by atoms with Crippen LogP contribution in [0.15, 0.2) is 24.3 Å². The average Bonchev–Trinajstić information content (AvgIpc) is 2.48. The van der Waals surface area contributed by atoms with Gasteiger partial charge in [-0.25, -0.2) is 4.79 Å². The average molecular weight is 307 g/mol. The number of aliphatic hydroxyl groups excluding tert-OH is 1. The van der Waals surface area contributed by atoms with Crippen molar-refractivity contribution >= 4 is 34.3 Å². The van der Waals surface area contributed by atoms with Gasteiger partial charge >= 0.3 is 5.97 Å². The number of carbonyl (C=O) groups is 1. The number of thioether (sulfide) groups is 1. The summed E-state index contributed by atoms with van der Waals surface area (Å²) in [6.45, 7) is 1.91. The monoisotopic (exact) mass is 307 g/mol. The Morgan fingerprint density at radius 2 is 2.10 bits per heavy atom. The van der Waals surface area contributed by atoms with Crippen molar-refractivity contribution in [1.29, 1.82) is 0 Å². The van der Waals surface area contributed by atoms with E-state index in [0.717, 1.165) is 0 Å². The number of benzene rings is 1. The quantitative estimate of drug-likeness (QED) is 0.749. The molecule has 2 unspecified atom stereocenters. The zero-order valence-corrected chi connectivity index (χ0v) is 12.6. The molecule has 0 radical (unpaired) electrons. The van der Waals surface area contributed by atoms with E-state index in [2.05, 4.69) is 15.5 Å². The number of rotatable bonds is 6. The van der Waals surface area contributed by atoms with Gasteiger partial charge in [0.05, 0.1) is 17.8 Å². The van der Waals surface area contributed by atoms with Gasteiger partial charge in [0, 0.05) is 16.7 Å². The van der Waals surface area contributed by atoms with Gasteiger partial charge in [0.1, 0.15) is 0 Å². The second-order valence-corrected chi connectivity index (χ2v) is 5.71. The highest BCUT2D eigenvalue weighted by molar-refractivity contribution is 7.99. The standard InChI is InChI=1S/C14H17N3O3S/c1-8(11(7-18)21-2)15-12-9-5-3-4-6-10(9)16-17-13(12)14(19)20/h3-6,8,11,18H,7H2,1-2H3,(H,15,16)(H,19,20). The molecule has 6 nitrogen and oxygen atoms in total. The van der Waals surface area contributed by atoms with E-state index in [1.807, 2.05) is 25.3 Å². The molecular weight excluding hydrogens is 290 g/mol. The molecule has 0 aliphatic rings. The summed E-state index contributed by atoms with van der Waals surface area (Å²) in [7, 11) is 0. The zero-order chi connectivity index (χ0) is 15.4. The Hall–Kier alpha value is -1.86. The molecule has 3 N–H and O–H groups in total. The number of aliphatic hydroxyl groups is 1. The van der Waals surface area contributed by atoms with Crippen molar-refractivity contribution in [3.05, 3.63) is 30.0 Å². The predicted molar refractivity (Wildman–Crippen MR) is 84.0 cm³/mol. The number of aromatic nitrogens is 2. The van der Waals surface area contributed by atoms with Crippen LogP contribution in [-0.4, -0.2) is 50.5 Å². The van der Waals surface area contributed by atoms with Gasteiger partial charge < -0.3 is 15.5 Å². The van der Waals surface area contributed by atoms with Crippen LogP contribution in [-0.2, 0) is 0 Å². The normalized spacial score (nSPS) is 13.9. The Bertz CT molecular complexity index is 646. The fraction of sp³-hybridized carbons (Fsp3) is 0.357. The van der Waals surface area contributed by atoms with Crippen LogP contribution in [0.4, 0.5) is 5.69 Å². The van der Waals surface area contributed by atoms with Crippen molar-refractivity contribution in [2.24, 2.45) is 0 Å². The molecule has 112 valence electrons. The molecule has 0 saturated carbocycles. The number of nitrogens with one attached hydrogen (secondary N) is 1. The molecule has 2 rings (SSSR count). The first kappa shape index (κ1) is 15.5. The topological polar surface area (TPSA) is 95.3 Å². The second kappa shape index (κ2) is 6.73. The number of hydrogen-bond acceptors (Lipinski definition) is 6. The van der Waals surface area contributed by atoms with E-state index in [9.17, 15) is 15.0 Å². The molecule has 0 amide bonds. The van der Waals surface area contributed by atoms with E-state index in [0.29, 0.717) is 16.6 Å². The van der Waals surface area contributed by atoms with Crippen LogP contribution in [0.25, 0.3) is 10.9 Å². The van der Waals surface area contributed by atoms with Crippen molar-refractivity contribution < 1.29 is 15.0 Å². The zero-order valence-electron chi connectivity index (χ0n) is 11.8. The third-order valence-corrected chi connectivity index (χ3v) is 4.45. The van der Waals surface area contributed by atoms with Gasteiger partial charge in [0.15, 0.2) is 5.69 Å². The Morgan fingerprint density at radius 1 is 1.38 bits per heavy atom. The van der Waals surface area contributed by atoms with Gasteiger partial charge in [-0.1, -0.05) is 18.2 Å². The highest BCUT2D eigenvalue weighted by Crippen LogP contribution is 2.26. The van der Waals surface area contributed by atoms with Crippen LogP contribution in [0.5, 0.6) is 0 Å². The molecule has 2 atom stereocenters. The molecule has 0 saturated heterocycles. The molecule has 21 heavy (non-hydrogen) atoms. The first-order chi connectivity index (χ1) is 10.1. The lowest BCUT2D eigenvalue weighted by Gasteiger charge is -2.23. The summed E-state index contributed by atoms with van der Waals surface area (Å²) >= 11 is 1.52. The predicted octanol–water partition coefficient (Wildman–Crippen LogP) is 1.85. The van der Waals surface area contributed by atoms with E-state index in [1.54, 1.807) is 12.1 Å². The van der Waals surface area contributed by atoms with Gasteiger partial charge in [0.25, 0.3) is 0 Å². The molecule has 0 bridgehead atoms. The third kappa shape index (κ3) is 3.25. The van der Waals surface area contributed by atoms with Gasteiger partial charge in [-0.15, -0.1) is 10.2 Å². The summed E-state index contributed by atoms with van der Waals surface area (Å²) in [6, 6.07) is 7.11. The first-order valence-corrected chi connectivity index (χ1v) is 7.76. The summed E-state index contributed by atoms with van der Waals surface area (Å²) in [5.41, 5.74) is 0.952. The Morgan fingerprint density at radius 3 is 2.71 bits per heavy atom. The molecule has 0 aliphatic carbocycles. The van der Waals surface area contributed by atoms with E-state index >= 15 is 0 Å². The maximum Gasteiger partial charge on any atom is 0.358 e. The number of nitrogens with zero attached hydrogens (tertiary/aromatic N) is 2. The Kier molecular flexibility index (Phi) is 4.98. The van der Waals surface area contributed by atoms with Crippen LogP contribution in [0.1, 0.15) is 17.4 Å². The van der Waals surface area contributed by atoms with Gasteiger partial charge in [-0.3, -0.25) is 0 Å². The lowest BCUT2D eigenvalue weighted by Crippen LogP contribution is -2.32. The van der Waals surface area contributed by atoms with Crippen LogP contribution < -0.4 is 5.32 Å². The SMILES string of the molecule is CSC(CO)C(C)Nc1c(C(=O)O)nnc2ccccc12. The summed E-state index contributed by atoms with van der Waals surface area (Å²) in [5.74, 6) is -1.13. The number of carboxylic acid groups (broad SMARTS) is 1. The van der Waals surface area contributed by atoms with E-state index in [1.165, 1.54) is 11.8 Å². The number of hydrogen-bond donors (Lipinski definition) is 3. The third-order valence-electron chi connectivity index (χ3n) is 3.28. The lowest BCUT2D eigenvalue weighted by atomic mass is 10.1. The fourth-order valence-electron chi connectivity index (χ4n) is 2.11. The van der Waals surface area contributed by atoms with Crippen LogP contribution >= 0.6 is 11.8 Å². The highest BCUT2D eigenvalue weighted by Gasteiger charge is 2.21. The minimum atomic E-state index is -1.13. The maximum atomic E-state index is 11.4. The van der Waals surface area contributed by atoms with E-state index in [4.69, 9.17) is 0 Å². The molecule has 1 aromatic carbocycles. The number of anilines is 1. The van der Waals surface area contributed by atoms with Crippen LogP contribution in [0, 0.1) is 0 Å². The number of carboxylic acids is 1. The summed E-state index contributed by atoms with van der Waals surface area (Å²) in [6.07, 6.45) is 1.90. The molecule has 1 aromatic heterocycles. The van der Waals surface area contributed by atoms with Crippen molar-refractivity contribution in [2.75, 3.05) is 18.2 Å². The molecule has 0 aliphatic heterocycles. The minimum absolute atomic E-state index is 0.00812. The highest BCUT2D eigenvalue weighted by atomic mass is 32.2. The summed E-state index contributed by atoms with van der Waals surface area (Å²) < 4.78 is 0. The maximum absolute atomic E-state index is 11.4. The Balaban J connectivity index is 2.49. The van der Waals surface area contributed by atoms with Gasteiger partial charge in [-0.05, 0) is 19.2 Å². The Labute approximate surface area is 126 Å². The van der Waals surface area contributed by atoms with E-state index < -0.39 is 5.97 Å². The molecular formula is C14H17N3O3S. The summed E-state index contributed by atoms with van der Waals surface area (Å²) in [5, 5.41) is 30.2. The summed E-state index contributed by atoms with van der Waals surface area (Å²) in [4.78, 5) is 11.4.